The molecule has 1 heterocycles. The lowest BCUT2D eigenvalue weighted by molar-refractivity contribution is 0.419. The van der Waals surface area contributed by atoms with Gasteiger partial charge in [-0.3, -0.25) is 4.57 Å². The monoisotopic (exact) mass is 340 g/mol. The second-order valence-electron chi connectivity index (χ2n) is 4.40. The predicted molar refractivity (Wildman–Crippen MR) is 87.2 cm³/mol. The topological polar surface area (TPSA) is 27.1 Å². The molecule has 21 heavy (non-hydrogen) atoms. The van der Waals surface area contributed by atoms with Crippen LogP contribution >= 0.6 is 34.8 Å². The Morgan fingerprint density at radius 3 is 2.38 bits per heavy atom. The number of rotatable bonds is 3. The largest absolute Gasteiger partial charge is 0.494 e. The maximum absolute atomic E-state index is 6.32. The smallest absolute Gasteiger partial charge is 0.146 e. The molecule has 0 saturated heterocycles. The van der Waals surface area contributed by atoms with Gasteiger partial charge in [0.1, 0.15) is 17.1 Å². The van der Waals surface area contributed by atoms with Crippen LogP contribution in [-0.2, 0) is 5.88 Å². The highest BCUT2D eigenvalue weighted by Gasteiger charge is 2.18. The van der Waals surface area contributed by atoms with Gasteiger partial charge in [-0.1, -0.05) is 35.3 Å². The van der Waals surface area contributed by atoms with Crippen LogP contribution in [0.5, 0.6) is 5.75 Å². The minimum Gasteiger partial charge on any atom is -0.494 e. The van der Waals surface area contributed by atoms with Gasteiger partial charge < -0.3 is 4.74 Å². The lowest BCUT2D eigenvalue weighted by Crippen LogP contribution is -2.01. The van der Waals surface area contributed by atoms with Gasteiger partial charge in [0.15, 0.2) is 0 Å². The molecule has 0 bridgehead atoms. The SMILES string of the molecule is COc1cccc2c1nc(CCl)n2-c1c(Cl)cccc1Cl. The molecule has 3 aromatic rings. The van der Waals surface area contributed by atoms with E-state index in [1.165, 1.54) is 0 Å². The Kier molecular flexibility index (Phi) is 3.98. The molecule has 0 fully saturated rings. The molecule has 108 valence electrons. The molecule has 0 radical (unpaired) electrons. The summed E-state index contributed by atoms with van der Waals surface area (Å²) in [5, 5.41) is 1.08. The van der Waals surface area contributed by atoms with E-state index in [-0.39, 0.29) is 5.88 Å². The Morgan fingerprint density at radius 2 is 1.76 bits per heavy atom. The molecule has 0 aliphatic carbocycles. The molecule has 3 nitrogen and oxygen atoms in total. The average Bonchev–Trinajstić information content (AvgIpc) is 2.86. The molecule has 0 aliphatic heterocycles. The molecule has 6 heteroatoms. The second kappa shape index (κ2) is 5.76. The van der Waals surface area contributed by atoms with Crippen molar-refractivity contribution in [1.29, 1.82) is 0 Å². The summed E-state index contributed by atoms with van der Waals surface area (Å²) in [6.45, 7) is 0. The first-order valence-electron chi connectivity index (χ1n) is 6.22. The summed E-state index contributed by atoms with van der Waals surface area (Å²) in [4.78, 5) is 4.55. The maximum Gasteiger partial charge on any atom is 0.146 e. The van der Waals surface area contributed by atoms with Crippen LogP contribution in [0.3, 0.4) is 0 Å². The Labute approximate surface area is 137 Å². The summed E-state index contributed by atoms with van der Waals surface area (Å²) in [7, 11) is 1.61. The number of fused-ring (bicyclic) bond motifs is 1. The molecular weight excluding hydrogens is 331 g/mol. The molecule has 0 spiro atoms. The normalized spacial score (nSPS) is 11.0. The summed E-state index contributed by atoms with van der Waals surface area (Å²) in [5.74, 6) is 1.58. The number of benzene rings is 2. The van der Waals surface area contributed by atoms with Gasteiger partial charge in [-0.2, -0.15) is 0 Å². The zero-order valence-electron chi connectivity index (χ0n) is 11.1. The van der Waals surface area contributed by atoms with E-state index in [0.717, 1.165) is 11.0 Å². The Hall–Kier alpha value is -1.42. The summed E-state index contributed by atoms with van der Waals surface area (Å²) < 4.78 is 7.22. The first-order chi connectivity index (χ1) is 10.2. The van der Waals surface area contributed by atoms with E-state index in [0.29, 0.717) is 27.3 Å². The third-order valence-electron chi connectivity index (χ3n) is 3.22. The molecule has 0 unspecified atom stereocenters. The molecular formula is C15H11Cl3N2O. The number of para-hydroxylation sites is 2. The van der Waals surface area contributed by atoms with Crippen LogP contribution in [0.1, 0.15) is 5.82 Å². The van der Waals surface area contributed by atoms with Crippen LogP contribution in [0, 0.1) is 0 Å². The van der Waals surface area contributed by atoms with E-state index >= 15 is 0 Å². The van der Waals surface area contributed by atoms with E-state index in [2.05, 4.69) is 4.98 Å². The van der Waals surface area contributed by atoms with Gasteiger partial charge >= 0.3 is 0 Å². The van der Waals surface area contributed by atoms with Gasteiger partial charge in [-0.05, 0) is 24.3 Å². The van der Waals surface area contributed by atoms with E-state index < -0.39 is 0 Å². The molecule has 0 saturated carbocycles. The van der Waals surface area contributed by atoms with Crippen molar-refractivity contribution in [3.63, 3.8) is 0 Å². The number of imidazole rings is 1. The van der Waals surface area contributed by atoms with Crippen molar-refractivity contribution in [2.24, 2.45) is 0 Å². The van der Waals surface area contributed by atoms with Crippen molar-refractivity contribution in [2.45, 2.75) is 5.88 Å². The highest BCUT2D eigenvalue weighted by atomic mass is 35.5. The number of hydrogen-bond donors (Lipinski definition) is 0. The minimum atomic E-state index is 0.236. The highest BCUT2D eigenvalue weighted by Crippen LogP contribution is 2.35. The first-order valence-corrected chi connectivity index (χ1v) is 7.51. The molecule has 0 atom stereocenters. The van der Waals surface area contributed by atoms with Crippen LogP contribution in [0.15, 0.2) is 36.4 Å². The van der Waals surface area contributed by atoms with E-state index in [1.807, 2.05) is 22.8 Å². The van der Waals surface area contributed by atoms with Crippen LogP contribution in [0.25, 0.3) is 16.7 Å². The summed E-state index contributed by atoms with van der Waals surface area (Å²) in [5.41, 5.74) is 2.25. The fourth-order valence-corrected chi connectivity index (χ4v) is 3.07. The maximum atomic E-state index is 6.32. The molecule has 0 aliphatic rings. The summed E-state index contributed by atoms with van der Waals surface area (Å²) >= 11 is 18.7. The number of halogens is 3. The third kappa shape index (κ3) is 2.35. The first kappa shape index (κ1) is 14.5. The molecule has 1 aromatic heterocycles. The average molecular weight is 342 g/mol. The van der Waals surface area contributed by atoms with Gasteiger partial charge in [0.05, 0.1) is 34.2 Å². The number of hydrogen-bond acceptors (Lipinski definition) is 2. The molecule has 2 aromatic carbocycles. The minimum absolute atomic E-state index is 0.236. The lowest BCUT2D eigenvalue weighted by Gasteiger charge is -2.12. The van der Waals surface area contributed by atoms with Crippen molar-refractivity contribution in [1.82, 2.24) is 9.55 Å². The fraction of sp³-hybridized carbons (Fsp3) is 0.133. The molecule has 0 N–H and O–H groups in total. The highest BCUT2D eigenvalue weighted by molar-refractivity contribution is 6.38. The van der Waals surface area contributed by atoms with E-state index in [1.54, 1.807) is 25.3 Å². The quantitative estimate of drug-likeness (QED) is 0.621. The summed E-state index contributed by atoms with van der Waals surface area (Å²) in [6.07, 6.45) is 0. The number of ether oxygens (including phenoxy) is 1. The molecule has 0 amide bonds. The number of methoxy groups -OCH3 is 1. The third-order valence-corrected chi connectivity index (χ3v) is 4.07. The van der Waals surface area contributed by atoms with Crippen LogP contribution in [0.4, 0.5) is 0 Å². The van der Waals surface area contributed by atoms with Crippen LogP contribution in [0.2, 0.25) is 10.0 Å². The second-order valence-corrected chi connectivity index (χ2v) is 5.48. The lowest BCUT2D eigenvalue weighted by atomic mass is 10.2. The van der Waals surface area contributed by atoms with Gasteiger partial charge in [-0.15, -0.1) is 11.6 Å². The van der Waals surface area contributed by atoms with Crippen molar-refractivity contribution in [3.8, 4) is 11.4 Å². The Bertz CT molecular complexity index is 794. The zero-order valence-corrected chi connectivity index (χ0v) is 13.4. The number of nitrogens with zero attached hydrogens (tertiary/aromatic N) is 2. The standard InChI is InChI=1S/C15H11Cl3N2O/c1-21-12-7-3-6-11-14(12)19-13(8-16)20(11)15-9(17)4-2-5-10(15)18/h2-7H,8H2,1H3. The number of aromatic nitrogens is 2. The van der Waals surface area contributed by atoms with Crippen molar-refractivity contribution in [3.05, 3.63) is 52.3 Å². The van der Waals surface area contributed by atoms with E-state index in [9.17, 15) is 0 Å². The van der Waals surface area contributed by atoms with Gasteiger partial charge in [-0.25, -0.2) is 4.98 Å². The van der Waals surface area contributed by atoms with Crippen molar-refractivity contribution >= 4 is 45.8 Å². The van der Waals surface area contributed by atoms with Gasteiger partial charge in [0.25, 0.3) is 0 Å². The fourth-order valence-electron chi connectivity index (χ4n) is 2.33. The Balaban J connectivity index is 2.42. The predicted octanol–water partition coefficient (Wildman–Crippen LogP) is 5.08. The van der Waals surface area contributed by atoms with Crippen molar-refractivity contribution in [2.75, 3.05) is 7.11 Å². The van der Waals surface area contributed by atoms with Crippen LogP contribution in [-0.4, -0.2) is 16.7 Å². The zero-order chi connectivity index (χ0) is 15.0. The van der Waals surface area contributed by atoms with Gasteiger partial charge in [0, 0.05) is 0 Å². The Morgan fingerprint density at radius 1 is 1.10 bits per heavy atom. The van der Waals surface area contributed by atoms with Crippen LogP contribution < -0.4 is 4.74 Å². The van der Waals surface area contributed by atoms with Crippen molar-refractivity contribution < 1.29 is 4.74 Å². The molecule has 3 rings (SSSR count). The number of alkyl halides is 1. The summed E-state index contributed by atoms with van der Waals surface area (Å²) in [6, 6.07) is 11.0. The van der Waals surface area contributed by atoms with E-state index in [4.69, 9.17) is 39.5 Å². The van der Waals surface area contributed by atoms with Gasteiger partial charge in [0.2, 0.25) is 0 Å².